The van der Waals surface area contributed by atoms with Crippen molar-refractivity contribution in [3.63, 3.8) is 0 Å². The lowest BCUT2D eigenvalue weighted by Crippen LogP contribution is -2.18. The van der Waals surface area contributed by atoms with Crippen LogP contribution in [0.5, 0.6) is 0 Å². The van der Waals surface area contributed by atoms with Gasteiger partial charge in [0.1, 0.15) is 0 Å². The van der Waals surface area contributed by atoms with Gasteiger partial charge in [-0.05, 0) is 39.0 Å². The van der Waals surface area contributed by atoms with Gasteiger partial charge in [-0.25, -0.2) is 0 Å². The quantitative estimate of drug-likeness (QED) is 0.714. The summed E-state index contributed by atoms with van der Waals surface area (Å²) in [6, 6.07) is 0. The average molecular weight is 186 g/mol. The van der Waals surface area contributed by atoms with Gasteiger partial charge in [-0.15, -0.1) is 0 Å². The molecule has 0 aromatic rings. The Labute approximate surface area is 81.3 Å². The zero-order valence-corrected chi connectivity index (χ0v) is 8.83. The topological polar surface area (TPSA) is 29.5 Å². The fraction of sp³-hybridized carbons (Fsp3) is 1.00. The van der Waals surface area contributed by atoms with E-state index in [4.69, 9.17) is 9.84 Å². The van der Waals surface area contributed by atoms with Crippen molar-refractivity contribution in [2.45, 2.75) is 58.2 Å². The van der Waals surface area contributed by atoms with E-state index < -0.39 is 0 Å². The Balaban J connectivity index is 2.03. The first kappa shape index (κ1) is 11.0. The molecule has 1 saturated carbocycles. The summed E-state index contributed by atoms with van der Waals surface area (Å²) >= 11 is 0. The monoisotopic (exact) mass is 186 g/mol. The molecule has 2 atom stereocenters. The highest BCUT2D eigenvalue weighted by Crippen LogP contribution is 2.25. The van der Waals surface area contributed by atoms with Gasteiger partial charge >= 0.3 is 0 Å². The average Bonchev–Trinajstić information content (AvgIpc) is 2.51. The molecule has 0 amide bonds. The third-order valence-corrected chi connectivity index (χ3v) is 2.76. The van der Waals surface area contributed by atoms with Crippen molar-refractivity contribution in [1.29, 1.82) is 0 Å². The SMILES string of the molecule is CC(O)CC(C)OCC1CCCC1. The van der Waals surface area contributed by atoms with Crippen LogP contribution >= 0.6 is 0 Å². The third kappa shape index (κ3) is 4.63. The molecule has 2 heteroatoms. The first-order valence-corrected chi connectivity index (χ1v) is 5.48. The summed E-state index contributed by atoms with van der Waals surface area (Å²) in [4.78, 5) is 0. The minimum absolute atomic E-state index is 0.209. The molecule has 0 aromatic carbocycles. The molecule has 13 heavy (non-hydrogen) atoms. The van der Waals surface area contributed by atoms with E-state index in [1.54, 1.807) is 0 Å². The minimum Gasteiger partial charge on any atom is -0.393 e. The molecule has 0 aromatic heterocycles. The Bertz CT molecular complexity index is 128. The highest BCUT2D eigenvalue weighted by molar-refractivity contribution is 4.67. The lowest BCUT2D eigenvalue weighted by molar-refractivity contribution is 0.0119. The Hall–Kier alpha value is -0.0800. The van der Waals surface area contributed by atoms with Gasteiger partial charge in [0.2, 0.25) is 0 Å². The van der Waals surface area contributed by atoms with Gasteiger partial charge < -0.3 is 9.84 Å². The van der Waals surface area contributed by atoms with Gasteiger partial charge in [-0.2, -0.15) is 0 Å². The number of aliphatic hydroxyl groups excluding tert-OH is 1. The molecule has 2 nitrogen and oxygen atoms in total. The van der Waals surface area contributed by atoms with Crippen molar-refractivity contribution in [2.24, 2.45) is 5.92 Å². The van der Waals surface area contributed by atoms with Crippen molar-refractivity contribution in [2.75, 3.05) is 6.61 Å². The lowest BCUT2D eigenvalue weighted by atomic mass is 10.1. The van der Waals surface area contributed by atoms with Crippen molar-refractivity contribution in [3.8, 4) is 0 Å². The second-order valence-electron chi connectivity index (χ2n) is 4.38. The number of rotatable bonds is 5. The maximum atomic E-state index is 9.13. The van der Waals surface area contributed by atoms with E-state index in [2.05, 4.69) is 0 Å². The maximum absolute atomic E-state index is 9.13. The Morgan fingerprint density at radius 2 is 1.92 bits per heavy atom. The zero-order valence-electron chi connectivity index (χ0n) is 8.83. The molecule has 2 unspecified atom stereocenters. The van der Waals surface area contributed by atoms with Crippen molar-refractivity contribution >= 4 is 0 Å². The van der Waals surface area contributed by atoms with Crippen LogP contribution in [0.25, 0.3) is 0 Å². The van der Waals surface area contributed by atoms with E-state index in [1.807, 2.05) is 13.8 Å². The minimum atomic E-state index is -0.237. The highest BCUT2D eigenvalue weighted by atomic mass is 16.5. The fourth-order valence-electron chi connectivity index (χ4n) is 2.03. The standard InChI is InChI=1S/C11H22O2/c1-9(12)7-10(2)13-8-11-5-3-4-6-11/h9-12H,3-8H2,1-2H3. The molecule has 1 N–H and O–H groups in total. The smallest absolute Gasteiger partial charge is 0.0571 e. The summed E-state index contributed by atoms with van der Waals surface area (Å²) in [5.41, 5.74) is 0. The van der Waals surface area contributed by atoms with Crippen molar-refractivity contribution < 1.29 is 9.84 Å². The van der Waals surface area contributed by atoms with E-state index in [0.717, 1.165) is 18.9 Å². The second kappa shape index (κ2) is 5.61. The normalized spacial score (nSPS) is 23.3. The van der Waals surface area contributed by atoms with Crippen LogP contribution in [0.1, 0.15) is 46.0 Å². The molecule has 1 fully saturated rings. The number of aliphatic hydroxyl groups is 1. The fourth-order valence-corrected chi connectivity index (χ4v) is 2.03. The lowest BCUT2D eigenvalue weighted by Gasteiger charge is -2.17. The number of hydrogen-bond acceptors (Lipinski definition) is 2. The summed E-state index contributed by atoms with van der Waals surface area (Å²) in [5, 5.41) is 9.13. The van der Waals surface area contributed by atoms with E-state index in [-0.39, 0.29) is 12.2 Å². The summed E-state index contributed by atoms with van der Waals surface area (Å²) in [6.45, 7) is 4.75. The molecule has 0 spiro atoms. The molecule has 0 aliphatic heterocycles. The summed E-state index contributed by atoms with van der Waals surface area (Å²) in [5.74, 6) is 0.788. The van der Waals surface area contributed by atoms with E-state index in [9.17, 15) is 0 Å². The van der Waals surface area contributed by atoms with Crippen LogP contribution in [0.2, 0.25) is 0 Å². The van der Waals surface area contributed by atoms with E-state index in [1.165, 1.54) is 25.7 Å². The molecular weight excluding hydrogens is 164 g/mol. The first-order chi connectivity index (χ1) is 6.18. The molecule has 1 rings (SSSR count). The predicted molar refractivity (Wildman–Crippen MR) is 53.7 cm³/mol. The van der Waals surface area contributed by atoms with Gasteiger partial charge in [0.25, 0.3) is 0 Å². The molecule has 1 aliphatic rings. The van der Waals surface area contributed by atoms with Crippen molar-refractivity contribution in [1.82, 2.24) is 0 Å². The summed E-state index contributed by atoms with van der Waals surface area (Å²) < 4.78 is 5.68. The van der Waals surface area contributed by atoms with Gasteiger partial charge in [0.15, 0.2) is 0 Å². The summed E-state index contributed by atoms with van der Waals surface area (Å²) in [6.07, 6.45) is 6.15. The van der Waals surface area contributed by atoms with Gasteiger partial charge in [-0.1, -0.05) is 12.8 Å². The highest BCUT2D eigenvalue weighted by Gasteiger charge is 2.16. The first-order valence-electron chi connectivity index (χ1n) is 5.48. The van der Waals surface area contributed by atoms with Gasteiger partial charge in [0.05, 0.1) is 12.2 Å². The number of ether oxygens (including phenoxy) is 1. The maximum Gasteiger partial charge on any atom is 0.0571 e. The predicted octanol–water partition coefficient (Wildman–Crippen LogP) is 2.35. The summed E-state index contributed by atoms with van der Waals surface area (Å²) in [7, 11) is 0. The van der Waals surface area contributed by atoms with Crippen LogP contribution in [0.15, 0.2) is 0 Å². The Morgan fingerprint density at radius 1 is 1.31 bits per heavy atom. The van der Waals surface area contributed by atoms with Crippen LogP contribution in [0, 0.1) is 5.92 Å². The van der Waals surface area contributed by atoms with Crippen LogP contribution < -0.4 is 0 Å². The Kier molecular flexibility index (Phi) is 4.74. The van der Waals surface area contributed by atoms with Crippen LogP contribution in [0.4, 0.5) is 0 Å². The molecule has 0 bridgehead atoms. The second-order valence-corrected chi connectivity index (χ2v) is 4.38. The van der Waals surface area contributed by atoms with E-state index in [0.29, 0.717) is 0 Å². The van der Waals surface area contributed by atoms with Gasteiger partial charge in [-0.3, -0.25) is 0 Å². The molecule has 0 saturated heterocycles. The molecular formula is C11H22O2. The molecule has 0 radical (unpaired) electrons. The van der Waals surface area contributed by atoms with Crippen LogP contribution in [0.3, 0.4) is 0 Å². The van der Waals surface area contributed by atoms with Crippen molar-refractivity contribution in [3.05, 3.63) is 0 Å². The molecule has 78 valence electrons. The largest absolute Gasteiger partial charge is 0.393 e. The Morgan fingerprint density at radius 3 is 2.46 bits per heavy atom. The number of hydrogen-bond donors (Lipinski definition) is 1. The molecule has 1 aliphatic carbocycles. The molecule has 0 heterocycles. The zero-order chi connectivity index (χ0) is 9.68. The van der Waals surface area contributed by atoms with Gasteiger partial charge in [0, 0.05) is 6.61 Å². The third-order valence-electron chi connectivity index (χ3n) is 2.76. The van der Waals surface area contributed by atoms with E-state index >= 15 is 0 Å². The van der Waals surface area contributed by atoms with Crippen LogP contribution in [-0.4, -0.2) is 23.9 Å². The van der Waals surface area contributed by atoms with Crippen LogP contribution in [-0.2, 0) is 4.74 Å².